The van der Waals surface area contributed by atoms with Gasteiger partial charge in [-0.2, -0.15) is 5.26 Å². The van der Waals surface area contributed by atoms with Gasteiger partial charge in [-0.1, -0.05) is 40.2 Å². The second-order valence-corrected chi connectivity index (χ2v) is 9.52. The molecule has 0 bridgehead atoms. The molecule has 0 amide bonds. The molecule has 3 aromatic rings. The molecule has 5 unspecified atom stereocenters. The third kappa shape index (κ3) is 4.61. The topological polar surface area (TPSA) is 139 Å². The molecule has 0 radical (unpaired) electrons. The Balaban J connectivity index is 1.64. The van der Waals surface area contributed by atoms with Gasteiger partial charge in [0, 0.05) is 23.6 Å². The first-order chi connectivity index (χ1) is 15.4. The molecule has 14 heteroatoms. The molecule has 3 aromatic heterocycles. The number of nitriles is 1. The third-order valence-electron chi connectivity index (χ3n) is 4.78. The molecule has 1 aliphatic heterocycles. The second kappa shape index (κ2) is 9.98. The Labute approximate surface area is 200 Å². The van der Waals surface area contributed by atoms with Gasteiger partial charge >= 0.3 is 0 Å². The summed E-state index contributed by atoms with van der Waals surface area (Å²) in [5.41, 5.74) is -0.0515. The number of aliphatic hydroxyl groups is 2. The first kappa shape index (κ1) is 23.3. The standard InChI is InChI=1S/C18H16Cl2N6O4S2/c1-29-16-14(26-5-11(24-25-26)17-23-13(20)7-31-17)15(28)12(6-27)30-18(16)32-8-2-9(19)10(3-21)22-4-8/h2,4-5,7,12,14-16,18,27-28H,6H2,1H3. The monoisotopic (exact) mass is 514 g/mol. The van der Waals surface area contributed by atoms with Crippen molar-refractivity contribution in [2.75, 3.05) is 13.7 Å². The Bertz CT molecular complexity index is 1140. The zero-order valence-electron chi connectivity index (χ0n) is 16.4. The Kier molecular flexibility index (Phi) is 7.28. The predicted molar refractivity (Wildman–Crippen MR) is 118 cm³/mol. The molecule has 4 heterocycles. The first-order valence-corrected chi connectivity index (χ1v) is 11.7. The fourth-order valence-corrected chi connectivity index (χ4v) is 5.64. The van der Waals surface area contributed by atoms with Gasteiger partial charge in [0.25, 0.3) is 0 Å². The van der Waals surface area contributed by atoms with Crippen LogP contribution in [0.4, 0.5) is 0 Å². The average molecular weight is 515 g/mol. The predicted octanol–water partition coefficient (Wildman–Crippen LogP) is 2.40. The molecule has 0 aromatic carbocycles. The minimum Gasteiger partial charge on any atom is -0.394 e. The van der Waals surface area contributed by atoms with E-state index < -0.39 is 36.4 Å². The smallest absolute Gasteiger partial charge is 0.159 e. The lowest BCUT2D eigenvalue weighted by atomic mass is 9.97. The van der Waals surface area contributed by atoms with E-state index in [9.17, 15) is 10.2 Å². The number of nitrogens with zero attached hydrogens (tertiary/aromatic N) is 6. The highest BCUT2D eigenvalue weighted by Gasteiger charge is 2.47. The van der Waals surface area contributed by atoms with Crippen LogP contribution < -0.4 is 0 Å². The Morgan fingerprint density at radius 3 is 2.88 bits per heavy atom. The minimum absolute atomic E-state index is 0.114. The molecule has 32 heavy (non-hydrogen) atoms. The Morgan fingerprint density at radius 1 is 1.44 bits per heavy atom. The molecule has 10 nitrogen and oxygen atoms in total. The lowest BCUT2D eigenvalue weighted by Crippen LogP contribution is -2.55. The van der Waals surface area contributed by atoms with Crippen LogP contribution in [-0.4, -0.2) is 72.6 Å². The van der Waals surface area contributed by atoms with Crippen molar-refractivity contribution in [1.82, 2.24) is 25.0 Å². The summed E-state index contributed by atoms with van der Waals surface area (Å²) < 4.78 is 13.1. The third-order valence-corrected chi connectivity index (χ3v) is 7.36. The number of aliphatic hydroxyl groups excluding tert-OH is 2. The van der Waals surface area contributed by atoms with Crippen LogP contribution in [0, 0.1) is 11.3 Å². The van der Waals surface area contributed by atoms with Crippen LogP contribution in [0.3, 0.4) is 0 Å². The van der Waals surface area contributed by atoms with Crippen molar-refractivity contribution in [2.45, 2.75) is 34.7 Å². The van der Waals surface area contributed by atoms with E-state index in [-0.39, 0.29) is 10.7 Å². The zero-order valence-corrected chi connectivity index (χ0v) is 19.5. The van der Waals surface area contributed by atoms with Gasteiger partial charge in [0.05, 0.1) is 17.8 Å². The fourth-order valence-electron chi connectivity index (χ4n) is 3.30. The van der Waals surface area contributed by atoms with Gasteiger partial charge in [-0.15, -0.1) is 16.4 Å². The molecule has 1 saturated heterocycles. The van der Waals surface area contributed by atoms with E-state index in [1.54, 1.807) is 17.6 Å². The van der Waals surface area contributed by atoms with Crippen molar-refractivity contribution in [1.29, 1.82) is 5.26 Å². The van der Waals surface area contributed by atoms with Crippen LogP contribution in [0.25, 0.3) is 10.7 Å². The van der Waals surface area contributed by atoms with Crippen LogP contribution >= 0.6 is 46.3 Å². The van der Waals surface area contributed by atoms with Crippen molar-refractivity contribution in [3.63, 3.8) is 0 Å². The van der Waals surface area contributed by atoms with Crippen molar-refractivity contribution in [3.8, 4) is 16.8 Å². The van der Waals surface area contributed by atoms with E-state index in [2.05, 4.69) is 20.3 Å². The van der Waals surface area contributed by atoms with Crippen LogP contribution in [0.5, 0.6) is 0 Å². The van der Waals surface area contributed by atoms with Crippen molar-refractivity contribution >= 4 is 46.3 Å². The maximum Gasteiger partial charge on any atom is 0.159 e. The summed E-state index contributed by atoms with van der Waals surface area (Å²) in [5, 5.41) is 40.8. The summed E-state index contributed by atoms with van der Waals surface area (Å²) in [6.45, 7) is -0.415. The normalized spacial score (nSPS) is 25.6. The summed E-state index contributed by atoms with van der Waals surface area (Å²) in [6.07, 6.45) is 0.434. The Hall–Kier alpha value is -1.82. The van der Waals surface area contributed by atoms with Crippen LogP contribution in [0.2, 0.25) is 10.2 Å². The molecular formula is C18H16Cl2N6O4S2. The molecule has 4 rings (SSSR count). The summed E-state index contributed by atoms with van der Waals surface area (Å²) in [4.78, 5) is 8.84. The summed E-state index contributed by atoms with van der Waals surface area (Å²) in [6, 6.07) is 2.79. The van der Waals surface area contributed by atoms with Crippen LogP contribution in [0.15, 0.2) is 28.7 Å². The summed E-state index contributed by atoms with van der Waals surface area (Å²) in [5.74, 6) is 0. The van der Waals surface area contributed by atoms with Crippen LogP contribution in [-0.2, 0) is 9.47 Å². The van der Waals surface area contributed by atoms with E-state index in [0.717, 1.165) is 0 Å². The van der Waals surface area contributed by atoms with Crippen molar-refractivity contribution in [3.05, 3.63) is 39.7 Å². The number of aromatic nitrogens is 5. The highest BCUT2D eigenvalue weighted by Crippen LogP contribution is 2.40. The number of thiazole rings is 1. The van der Waals surface area contributed by atoms with E-state index in [4.69, 9.17) is 37.9 Å². The van der Waals surface area contributed by atoms with E-state index in [1.807, 2.05) is 6.07 Å². The number of pyridine rings is 1. The van der Waals surface area contributed by atoms with Gasteiger partial charge in [0.1, 0.15) is 51.7 Å². The highest BCUT2D eigenvalue weighted by atomic mass is 35.5. The van der Waals surface area contributed by atoms with Gasteiger partial charge in [0.2, 0.25) is 0 Å². The first-order valence-electron chi connectivity index (χ1n) is 9.17. The lowest BCUT2D eigenvalue weighted by Gasteiger charge is -2.43. The molecule has 168 valence electrons. The average Bonchev–Trinajstić information content (AvgIpc) is 3.43. The van der Waals surface area contributed by atoms with Gasteiger partial charge in [-0.25, -0.2) is 14.6 Å². The van der Waals surface area contributed by atoms with Crippen molar-refractivity contribution in [2.24, 2.45) is 0 Å². The highest BCUT2D eigenvalue weighted by molar-refractivity contribution is 7.99. The fraction of sp³-hybridized carbons (Fsp3) is 0.389. The van der Waals surface area contributed by atoms with Gasteiger partial charge in [-0.05, 0) is 6.07 Å². The Morgan fingerprint density at radius 2 is 2.25 bits per heavy atom. The number of methoxy groups -OCH3 is 1. The van der Waals surface area contributed by atoms with E-state index >= 15 is 0 Å². The lowest BCUT2D eigenvalue weighted by molar-refractivity contribution is -0.186. The van der Waals surface area contributed by atoms with E-state index in [1.165, 1.54) is 41.1 Å². The molecule has 1 aliphatic rings. The molecule has 5 atom stereocenters. The maximum atomic E-state index is 10.9. The number of thioether (sulfide) groups is 1. The summed E-state index contributed by atoms with van der Waals surface area (Å²) in [7, 11) is 1.49. The molecule has 0 spiro atoms. The summed E-state index contributed by atoms with van der Waals surface area (Å²) >= 11 is 14.6. The molecule has 0 saturated carbocycles. The molecular weight excluding hydrogens is 499 g/mol. The van der Waals surface area contributed by atoms with Gasteiger partial charge < -0.3 is 19.7 Å². The number of ether oxygens (including phenoxy) is 2. The SMILES string of the molecule is COC1C(Sc2cnc(C#N)c(Cl)c2)OC(CO)C(O)C1n1cc(-c2nc(Cl)cs2)nn1. The number of halogens is 2. The van der Waals surface area contributed by atoms with Crippen LogP contribution in [0.1, 0.15) is 11.7 Å². The number of rotatable bonds is 6. The second-order valence-electron chi connectivity index (χ2n) is 6.70. The minimum atomic E-state index is -1.13. The quantitative estimate of drug-likeness (QED) is 0.503. The number of hydrogen-bond acceptors (Lipinski definition) is 11. The largest absolute Gasteiger partial charge is 0.394 e. The van der Waals surface area contributed by atoms with E-state index in [0.29, 0.717) is 20.8 Å². The molecule has 2 N–H and O–H groups in total. The molecule has 0 aliphatic carbocycles. The number of hydrogen-bond donors (Lipinski definition) is 2. The maximum absolute atomic E-state index is 10.9. The molecule has 1 fully saturated rings. The van der Waals surface area contributed by atoms with Gasteiger partial charge in [-0.3, -0.25) is 0 Å². The van der Waals surface area contributed by atoms with Gasteiger partial charge in [0.15, 0.2) is 5.69 Å². The van der Waals surface area contributed by atoms with Crippen molar-refractivity contribution < 1.29 is 19.7 Å². The zero-order chi connectivity index (χ0) is 22.8.